The number of carbonyl (C=O) groups is 1. The number of amides is 1. The Morgan fingerprint density at radius 1 is 1.19 bits per heavy atom. The van der Waals surface area contributed by atoms with E-state index in [0.29, 0.717) is 24.1 Å². The van der Waals surface area contributed by atoms with Crippen LogP contribution < -0.4 is 10.1 Å². The highest BCUT2D eigenvalue weighted by Gasteiger charge is 2.14. The van der Waals surface area contributed by atoms with Crippen LogP contribution >= 0.6 is 11.8 Å². The molecule has 0 unspecified atom stereocenters. The Bertz CT molecular complexity index is 912. The minimum Gasteiger partial charge on any atom is -0.492 e. The summed E-state index contributed by atoms with van der Waals surface area (Å²) in [5.74, 6) is 0.845. The zero-order valence-electron chi connectivity index (χ0n) is 15.3. The third kappa shape index (κ3) is 4.85. The number of nitrogens with zero attached hydrogens (tertiary/aromatic N) is 4. The van der Waals surface area contributed by atoms with Crippen molar-refractivity contribution < 1.29 is 9.53 Å². The Balaban J connectivity index is 1.62. The van der Waals surface area contributed by atoms with E-state index < -0.39 is 0 Å². The van der Waals surface area contributed by atoms with Gasteiger partial charge in [0.2, 0.25) is 11.1 Å². The van der Waals surface area contributed by atoms with Crippen LogP contribution in [0.5, 0.6) is 5.75 Å². The van der Waals surface area contributed by atoms with Crippen LogP contribution in [0.25, 0.3) is 5.69 Å². The van der Waals surface area contributed by atoms with Gasteiger partial charge in [-0.25, -0.2) is 0 Å². The van der Waals surface area contributed by atoms with E-state index in [1.165, 1.54) is 11.8 Å². The molecule has 0 fully saturated rings. The number of aromatic nitrogens is 4. The van der Waals surface area contributed by atoms with Gasteiger partial charge in [-0.3, -0.25) is 4.79 Å². The zero-order chi connectivity index (χ0) is 19.1. The van der Waals surface area contributed by atoms with Crippen molar-refractivity contribution in [1.29, 1.82) is 0 Å². The Kier molecular flexibility index (Phi) is 6.43. The van der Waals surface area contributed by atoms with Crippen molar-refractivity contribution >= 4 is 17.7 Å². The molecule has 1 heterocycles. The molecule has 140 valence electrons. The van der Waals surface area contributed by atoms with Gasteiger partial charge >= 0.3 is 0 Å². The van der Waals surface area contributed by atoms with Gasteiger partial charge in [0, 0.05) is 6.54 Å². The second-order valence-corrected chi connectivity index (χ2v) is 6.71. The average molecular weight is 383 g/mol. The lowest BCUT2D eigenvalue weighted by molar-refractivity contribution is -0.118. The number of hydrogen-bond donors (Lipinski definition) is 1. The van der Waals surface area contributed by atoms with Gasteiger partial charge in [0.1, 0.15) is 11.4 Å². The molecule has 3 aromatic rings. The number of carbonyl (C=O) groups excluding carboxylic acids is 1. The fourth-order valence-electron chi connectivity index (χ4n) is 2.51. The molecule has 0 atom stereocenters. The van der Waals surface area contributed by atoms with E-state index in [1.807, 2.05) is 62.4 Å². The molecule has 1 amide bonds. The highest BCUT2D eigenvalue weighted by molar-refractivity contribution is 7.99. The number of nitrogens with one attached hydrogen (secondary N) is 1. The highest BCUT2D eigenvalue weighted by atomic mass is 32.2. The average Bonchev–Trinajstić information content (AvgIpc) is 3.15. The van der Waals surface area contributed by atoms with E-state index in [1.54, 1.807) is 4.68 Å². The lowest BCUT2D eigenvalue weighted by Gasteiger charge is -2.10. The summed E-state index contributed by atoms with van der Waals surface area (Å²) in [4.78, 5) is 12.2. The Hall–Kier alpha value is -2.87. The summed E-state index contributed by atoms with van der Waals surface area (Å²) in [6.07, 6.45) is 0. The molecule has 7 nitrogen and oxygen atoms in total. The standard InChI is InChI=1S/C19H21N5O2S/c1-3-26-17-11-7-6-10-16(17)24-19(21-22-23-24)27-13-18(25)20-12-15-9-5-4-8-14(15)2/h4-11H,3,12-13H2,1-2H3,(H,20,25). The molecule has 1 N–H and O–H groups in total. The maximum Gasteiger partial charge on any atom is 0.230 e. The van der Waals surface area contributed by atoms with Crippen LogP contribution in [0.3, 0.4) is 0 Å². The number of rotatable bonds is 8. The number of benzene rings is 2. The van der Waals surface area contributed by atoms with Crippen LogP contribution in [0.4, 0.5) is 0 Å². The predicted octanol–water partition coefficient (Wildman–Crippen LogP) is 2.78. The first kappa shape index (κ1) is 18.9. The van der Waals surface area contributed by atoms with Crippen molar-refractivity contribution in [2.75, 3.05) is 12.4 Å². The lowest BCUT2D eigenvalue weighted by atomic mass is 10.1. The van der Waals surface area contributed by atoms with Crippen LogP contribution in [0.15, 0.2) is 53.7 Å². The molecule has 0 radical (unpaired) electrons. The first-order chi connectivity index (χ1) is 13.2. The van der Waals surface area contributed by atoms with E-state index in [-0.39, 0.29) is 11.7 Å². The Morgan fingerprint density at radius 2 is 1.96 bits per heavy atom. The first-order valence-corrected chi connectivity index (χ1v) is 9.62. The number of hydrogen-bond acceptors (Lipinski definition) is 6. The van der Waals surface area contributed by atoms with Crippen LogP contribution in [0, 0.1) is 6.92 Å². The largest absolute Gasteiger partial charge is 0.492 e. The van der Waals surface area contributed by atoms with Crippen LogP contribution in [-0.2, 0) is 11.3 Å². The lowest BCUT2D eigenvalue weighted by Crippen LogP contribution is -2.25. The third-order valence-electron chi connectivity index (χ3n) is 3.90. The molecule has 8 heteroatoms. The van der Waals surface area contributed by atoms with E-state index in [4.69, 9.17) is 4.74 Å². The summed E-state index contributed by atoms with van der Waals surface area (Å²) in [5, 5.41) is 15.3. The quantitative estimate of drug-likeness (QED) is 0.603. The summed E-state index contributed by atoms with van der Waals surface area (Å²) >= 11 is 1.28. The fraction of sp³-hybridized carbons (Fsp3) is 0.263. The van der Waals surface area contributed by atoms with E-state index in [0.717, 1.165) is 16.8 Å². The van der Waals surface area contributed by atoms with Crippen LogP contribution in [0.2, 0.25) is 0 Å². The predicted molar refractivity (Wildman–Crippen MR) is 104 cm³/mol. The summed E-state index contributed by atoms with van der Waals surface area (Å²) < 4.78 is 7.22. The molecule has 0 aliphatic heterocycles. The molecule has 0 bridgehead atoms. The summed E-state index contributed by atoms with van der Waals surface area (Å²) in [5.41, 5.74) is 3.00. The summed E-state index contributed by atoms with van der Waals surface area (Å²) in [6.45, 7) is 5.00. The van der Waals surface area contributed by atoms with E-state index in [9.17, 15) is 4.79 Å². The topological polar surface area (TPSA) is 81.9 Å². The van der Waals surface area contributed by atoms with Gasteiger partial charge < -0.3 is 10.1 Å². The van der Waals surface area contributed by atoms with Gasteiger partial charge in [-0.05, 0) is 47.5 Å². The Labute approximate surface area is 162 Å². The molecule has 0 spiro atoms. The maximum absolute atomic E-state index is 12.2. The minimum absolute atomic E-state index is 0.0732. The van der Waals surface area contributed by atoms with Crippen molar-refractivity contribution in [3.8, 4) is 11.4 Å². The zero-order valence-corrected chi connectivity index (χ0v) is 16.1. The van der Waals surface area contributed by atoms with Gasteiger partial charge in [0.15, 0.2) is 0 Å². The second kappa shape index (κ2) is 9.18. The minimum atomic E-state index is -0.0732. The van der Waals surface area contributed by atoms with E-state index >= 15 is 0 Å². The highest BCUT2D eigenvalue weighted by Crippen LogP contribution is 2.25. The number of aryl methyl sites for hydroxylation is 1. The van der Waals surface area contributed by atoms with Gasteiger partial charge in [-0.2, -0.15) is 4.68 Å². The van der Waals surface area contributed by atoms with Crippen molar-refractivity contribution in [1.82, 2.24) is 25.5 Å². The van der Waals surface area contributed by atoms with Crippen molar-refractivity contribution in [3.63, 3.8) is 0 Å². The maximum atomic E-state index is 12.2. The molecule has 0 aliphatic carbocycles. The van der Waals surface area contributed by atoms with Crippen LogP contribution in [0.1, 0.15) is 18.1 Å². The normalized spacial score (nSPS) is 10.6. The van der Waals surface area contributed by atoms with E-state index in [2.05, 4.69) is 20.8 Å². The molecule has 27 heavy (non-hydrogen) atoms. The summed E-state index contributed by atoms with van der Waals surface area (Å²) in [6, 6.07) is 15.5. The number of tetrazole rings is 1. The number of thioether (sulfide) groups is 1. The van der Waals surface area contributed by atoms with Crippen molar-refractivity contribution in [2.45, 2.75) is 25.5 Å². The SMILES string of the molecule is CCOc1ccccc1-n1nnnc1SCC(=O)NCc1ccccc1C. The van der Waals surface area contributed by atoms with Gasteiger partial charge in [-0.15, -0.1) is 5.10 Å². The Morgan fingerprint density at radius 3 is 2.78 bits per heavy atom. The van der Waals surface area contributed by atoms with Gasteiger partial charge in [0.05, 0.1) is 12.4 Å². The molecular formula is C19H21N5O2S. The third-order valence-corrected chi connectivity index (χ3v) is 4.82. The summed E-state index contributed by atoms with van der Waals surface area (Å²) in [7, 11) is 0. The van der Waals surface area contributed by atoms with Gasteiger partial charge in [-0.1, -0.05) is 48.2 Å². The fourth-order valence-corrected chi connectivity index (χ4v) is 3.23. The van der Waals surface area contributed by atoms with Crippen LogP contribution in [-0.4, -0.2) is 38.5 Å². The smallest absolute Gasteiger partial charge is 0.230 e. The molecule has 0 saturated carbocycles. The van der Waals surface area contributed by atoms with Gasteiger partial charge in [0.25, 0.3) is 0 Å². The van der Waals surface area contributed by atoms with Crippen molar-refractivity contribution in [3.05, 3.63) is 59.7 Å². The molecular weight excluding hydrogens is 362 g/mol. The number of para-hydroxylation sites is 2. The first-order valence-electron chi connectivity index (χ1n) is 8.63. The van der Waals surface area contributed by atoms with Crippen molar-refractivity contribution in [2.24, 2.45) is 0 Å². The molecule has 0 aliphatic rings. The monoisotopic (exact) mass is 383 g/mol. The molecule has 2 aromatic carbocycles. The second-order valence-electron chi connectivity index (χ2n) is 5.77. The molecule has 3 rings (SSSR count). The molecule has 1 aromatic heterocycles. The molecule has 0 saturated heterocycles. The number of ether oxygens (including phenoxy) is 1.